The van der Waals surface area contributed by atoms with Gasteiger partial charge in [0.25, 0.3) is 5.92 Å². The molecule has 0 aromatic rings. The molecule has 128 valence electrons. The minimum Gasteiger partial charge on any atom is -0.396 e. The molecule has 3 N–H and O–H groups in total. The Kier molecular flexibility index (Phi) is 10.8. The van der Waals surface area contributed by atoms with E-state index in [1.165, 1.54) is 18.7 Å². The normalized spacial score (nSPS) is 15.9. The molecule has 3 nitrogen and oxygen atoms in total. The molecule has 2 unspecified atom stereocenters. The number of nitrogens with two attached hydrogens (primary N) is 1. The molecule has 0 saturated carbocycles. The highest BCUT2D eigenvalue weighted by molar-refractivity contribution is 8.47. The number of aliphatic hydroxyl groups excluding tert-OH is 1. The van der Waals surface area contributed by atoms with E-state index >= 15 is 0 Å². The Bertz CT molecular complexity index is 391. The number of alkyl halides is 2. The quantitative estimate of drug-likeness (QED) is 0.572. The molecule has 0 aliphatic heterocycles. The topological polar surface area (TPSA) is 70.0 Å². The van der Waals surface area contributed by atoms with Crippen LogP contribution in [0.5, 0.6) is 0 Å². The predicted molar refractivity (Wildman–Crippen MR) is 95.3 cm³/mol. The summed E-state index contributed by atoms with van der Waals surface area (Å²) < 4.78 is 29.5. The van der Waals surface area contributed by atoms with Crippen molar-refractivity contribution in [3.8, 4) is 6.07 Å². The van der Waals surface area contributed by atoms with Crippen LogP contribution < -0.4 is 5.73 Å². The van der Waals surface area contributed by atoms with Crippen LogP contribution in [-0.2, 0) is 0 Å². The van der Waals surface area contributed by atoms with Crippen molar-refractivity contribution in [2.75, 3.05) is 24.7 Å². The van der Waals surface area contributed by atoms with E-state index in [1.807, 2.05) is 13.0 Å². The summed E-state index contributed by atoms with van der Waals surface area (Å²) in [5.41, 5.74) is 4.27. The van der Waals surface area contributed by atoms with Crippen LogP contribution in [0.1, 0.15) is 33.1 Å². The molecule has 2 atom stereocenters. The summed E-state index contributed by atoms with van der Waals surface area (Å²) in [6.45, 7) is 3.08. The number of nitrogens with zero attached hydrogens (tertiary/aromatic N) is 1. The van der Waals surface area contributed by atoms with E-state index in [-0.39, 0.29) is 19.6 Å². The summed E-state index contributed by atoms with van der Waals surface area (Å²) in [7, 11) is 0. The molecule has 8 heteroatoms. The first kappa shape index (κ1) is 22.1. The molecule has 0 aliphatic carbocycles. The van der Waals surface area contributed by atoms with Crippen molar-refractivity contribution in [2.45, 2.75) is 39.0 Å². The summed E-state index contributed by atoms with van der Waals surface area (Å²) >= 11 is 7.41. The van der Waals surface area contributed by atoms with E-state index in [9.17, 15) is 14.0 Å². The average molecular weight is 371 g/mol. The van der Waals surface area contributed by atoms with Gasteiger partial charge in [-0.25, -0.2) is 8.78 Å². The Labute approximate surface area is 145 Å². The molecule has 22 heavy (non-hydrogen) atoms. The Hall–Kier alpha value is 0.0600. The second-order valence-corrected chi connectivity index (χ2v) is 8.57. The lowest BCUT2D eigenvalue weighted by atomic mass is 9.72. The average Bonchev–Trinajstić information content (AvgIpc) is 2.49. The molecule has 0 spiro atoms. The van der Waals surface area contributed by atoms with Crippen LogP contribution >= 0.6 is 35.7 Å². The summed E-state index contributed by atoms with van der Waals surface area (Å²) in [5.74, 6) is -4.01. The first-order valence-corrected chi connectivity index (χ1v) is 9.55. The van der Waals surface area contributed by atoms with Gasteiger partial charge in [-0.05, 0) is 31.9 Å². The standard InChI is InChI=1S/C14H24F2N2OS3/c1-3-7-21-12(20)22-10-14(15,16)11(8-17)13(2,9-18)5-4-6-19/h11,19H,3-8,10,17H2,1-2H3. The van der Waals surface area contributed by atoms with Crippen LogP contribution in [0.3, 0.4) is 0 Å². The lowest BCUT2D eigenvalue weighted by Crippen LogP contribution is -2.46. The van der Waals surface area contributed by atoms with E-state index in [4.69, 9.17) is 23.1 Å². The van der Waals surface area contributed by atoms with Gasteiger partial charge in [-0.15, -0.1) is 23.5 Å². The molecule has 0 amide bonds. The van der Waals surface area contributed by atoms with Crippen molar-refractivity contribution in [3.05, 3.63) is 0 Å². The minimum atomic E-state index is -3.09. The number of aliphatic hydroxyl groups is 1. The SMILES string of the molecule is CCCSC(=S)SCC(F)(F)C(CN)C(C)(C#N)CCCO. The van der Waals surface area contributed by atoms with Crippen LogP contribution in [0, 0.1) is 22.7 Å². The molecule has 0 aromatic carbocycles. The van der Waals surface area contributed by atoms with E-state index in [1.54, 1.807) is 0 Å². The Morgan fingerprint density at radius 3 is 2.55 bits per heavy atom. The number of nitriles is 1. The summed E-state index contributed by atoms with van der Waals surface area (Å²) in [6, 6.07) is 1.97. The van der Waals surface area contributed by atoms with Gasteiger partial charge in [0.15, 0.2) is 0 Å². The van der Waals surface area contributed by atoms with Gasteiger partial charge in [0, 0.05) is 13.2 Å². The number of rotatable bonds is 10. The number of hydrogen-bond donors (Lipinski definition) is 2. The third-order valence-corrected chi connectivity index (χ3v) is 6.46. The number of thiocarbonyl (C=S) groups is 1. The lowest BCUT2D eigenvalue weighted by molar-refractivity contribution is -0.0704. The fourth-order valence-corrected chi connectivity index (χ4v) is 4.20. The van der Waals surface area contributed by atoms with Crippen molar-refractivity contribution in [3.63, 3.8) is 0 Å². The smallest absolute Gasteiger partial charge is 0.262 e. The second-order valence-electron chi connectivity index (χ2n) is 5.29. The van der Waals surface area contributed by atoms with Crippen molar-refractivity contribution < 1.29 is 13.9 Å². The first-order chi connectivity index (χ1) is 10.3. The van der Waals surface area contributed by atoms with Crippen molar-refractivity contribution >= 4 is 39.3 Å². The van der Waals surface area contributed by atoms with E-state index in [0.29, 0.717) is 9.95 Å². The van der Waals surface area contributed by atoms with Gasteiger partial charge in [0.1, 0.15) is 3.53 Å². The number of halogens is 2. The lowest BCUT2D eigenvalue weighted by Gasteiger charge is -2.36. The van der Waals surface area contributed by atoms with Crippen LogP contribution in [-0.4, -0.2) is 39.2 Å². The molecule has 0 heterocycles. The third-order valence-electron chi connectivity index (χ3n) is 3.43. The van der Waals surface area contributed by atoms with Crippen LogP contribution in [0.2, 0.25) is 0 Å². The highest BCUT2D eigenvalue weighted by atomic mass is 32.2. The zero-order valence-corrected chi connectivity index (χ0v) is 15.4. The minimum absolute atomic E-state index is 0.132. The molecule has 0 radical (unpaired) electrons. The van der Waals surface area contributed by atoms with Crippen molar-refractivity contribution in [2.24, 2.45) is 17.1 Å². The van der Waals surface area contributed by atoms with E-state index in [0.717, 1.165) is 23.9 Å². The molecule has 0 aromatic heterocycles. The van der Waals surface area contributed by atoms with Crippen molar-refractivity contribution in [1.29, 1.82) is 5.26 Å². The van der Waals surface area contributed by atoms with Gasteiger partial charge in [0.05, 0.1) is 23.2 Å². The van der Waals surface area contributed by atoms with Gasteiger partial charge in [-0.2, -0.15) is 5.26 Å². The van der Waals surface area contributed by atoms with Gasteiger partial charge >= 0.3 is 0 Å². The summed E-state index contributed by atoms with van der Waals surface area (Å²) in [5, 5.41) is 18.2. The van der Waals surface area contributed by atoms with Crippen LogP contribution in [0.4, 0.5) is 8.78 Å². The largest absolute Gasteiger partial charge is 0.396 e. The second kappa shape index (κ2) is 10.8. The number of thioether (sulfide) groups is 2. The van der Waals surface area contributed by atoms with Gasteiger partial charge < -0.3 is 10.8 Å². The van der Waals surface area contributed by atoms with Gasteiger partial charge in [0.2, 0.25) is 0 Å². The molecule has 0 fully saturated rings. The molecule has 0 aliphatic rings. The fourth-order valence-electron chi connectivity index (χ4n) is 2.14. The van der Waals surface area contributed by atoms with Gasteiger partial charge in [-0.1, -0.05) is 19.1 Å². The van der Waals surface area contributed by atoms with Crippen LogP contribution in [0.15, 0.2) is 0 Å². The van der Waals surface area contributed by atoms with E-state index < -0.39 is 23.0 Å². The van der Waals surface area contributed by atoms with Gasteiger partial charge in [-0.3, -0.25) is 0 Å². The first-order valence-electron chi connectivity index (χ1n) is 7.17. The molecular weight excluding hydrogens is 346 g/mol. The molecule has 0 bridgehead atoms. The zero-order chi connectivity index (χ0) is 17.2. The van der Waals surface area contributed by atoms with Crippen LogP contribution in [0.25, 0.3) is 0 Å². The van der Waals surface area contributed by atoms with Crippen molar-refractivity contribution in [1.82, 2.24) is 0 Å². The van der Waals surface area contributed by atoms with E-state index in [2.05, 4.69) is 0 Å². The highest BCUT2D eigenvalue weighted by Gasteiger charge is 2.49. The Balaban J connectivity index is 4.87. The Morgan fingerprint density at radius 1 is 1.45 bits per heavy atom. The molecular formula is C14H24F2N2OS3. The monoisotopic (exact) mass is 370 g/mol. The molecule has 0 saturated heterocycles. The maximum absolute atomic E-state index is 14.5. The predicted octanol–water partition coefficient (Wildman–Crippen LogP) is 3.66. The fraction of sp³-hybridized carbons (Fsp3) is 0.857. The Morgan fingerprint density at radius 2 is 2.09 bits per heavy atom. The molecule has 0 rings (SSSR count). The third kappa shape index (κ3) is 7.09. The summed E-state index contributed by atoms with van der Waals surface area (Å²) in [4.78, 5) is 0. The zero-order valence-electron chi connectivity index (χ0n) is 13.0. The number of hydrogen-bond acceptors (Lipinski definition) is 6. The maximum Gasteiger partial charge on any atom is 0.262 e. The summed E-state index contributed by atoms with van der Waals surface area (Å²) in [6.07, 6.45) is 1.42. The maximum atomic E-state index is 14.5. The highest BCUT2D eigenvalue weighted by Crippen LogP contribution is 2.43.